The lowest BCUT2D eigenvalue weighted by atomic mass is 10.3. The van der Waals surface area contributed by atoms with Gasteiger partial charge < -0.3 is 18.8 Å². The summed E-state index contributed by atoms with van der Waals surface area (Å²) >= 11 is 0. The average molecular weight is 418 g/mol. The van der Waals surface area contributed by atoms with Crippen LogP contribution < -0.4 is 14.4 Å². The van der Waals surface area contributed by atoms with E-state index < -0.39 is 10.0 Å². The van der Waals surface area contributed by atoms with E-state index in [0.717, 1.165) is 11.1 Å². The van der Waals surface area contributed by atoms with Gasteiger partial charge in [0, 0.05) is 6.07 Å². The fourth-order valence-electron chi connectivity index (χ4n) is 3.55. The first-order valence-electron chi connectivity index (χ1n) is 9.41. The molecule has 1 aromatic heterocycles. The molecule has 0 spiro atoms. The van der Waals surface area contributed by atoms with E-state index >= 15 is 0 Å². The molecule has 29 heavy (non-hydrogen) atoms. The van der Waals surface area contributed by atoms with Crippen molar-refractivity contribution in [1.29, 1.82) is 0 Å². The average Bonchev–Trinajstić information content (AvgIpc) is 3.16. The van der Waals surface area contributed by atoms with Gasteiger partial charge in [-0.3, -0.25) is 0 Å². The van der Waals surface area contributed by atoms with Crippen LogP contribution in [0.3, 0.4) is 0 Å². The summed E-state index contributed by atoms with van der Waals surface area (Å²) in [7, 11) is -0.710. The normalized spacial score (nSPS) is 16.2. The predicted molar refractivity (Wildman–Crippen MR) is 107 cm³/mol. The number of piperazine rings is 1. The molecule has 1 N–H and O–H groups in total. The number of ether oxygens (including phenoxy) is 2. The van der Waals surface area contributed by atoms with E-state index in [1.165, 1.54) is 29.5 Å². The Morgan fingerprint density at radius 2 is 1.86 bits per heavy atom. The maximum absolute atomic E-state index is 13.2. The van der Waals surface area contributed by atoms with Crippen LogP contribution in [0.2, 0.25) is 0 Å². The van der Waals surface area contributed by atoms with Crippen molar-refractivity contribution in [3.05, 3.63) is 48.4 Å². The molecule has 9 heteroatoms. The second-order valence-electron chi connectivity index (χ2n) is 6.92. The molecule has 0 saturated carbocycles. The maximum atomic E-state index is 13.2. The van der Waals surface area contributed by atoms with E-state index in [-0.39, 0.29) is 4.90 Å². The van der Waals surface area contributed by atoms with Crippen molar-refractivity contribution in [3.63, 3.8) is 0 Å². The highest BCUT2D eigenvalue weighted by Gasteiger charge is 2.33. The van der Waals surface area contributed by atoms with Crippen LogP contribution in [0.1, 0.15) is 5.89 Å². The van der Waals surface area contributed by atoms with Gasteiger partial charge in [0.1, 0.15) is 21.9 Å². The molecular formula is C20H24N3O5S+. The summed E-state index contributed by atoms with van der Waals surface area (Å²) in [6.07, 6.45) is 0. The second-order valence-corrected chi connectivity index (χ2v) is 8.83. The van der Waals surface area contributed by atoms with Crippen molar-refractivity contribution in [2.45, 2.75) is 11.4 Å². The molecule has 154 valence electrons. The summed E-state index contributed by atoms with van der Waals surface area (Å²) in [4.78, 5) is 5.88. The first-order valence-corrected chi connectivity index (χ1v) is 10.9. The third-order valence-electron chi connectivity index (χ3n) is 5.16. The number of aromatic nitrogens is 1. The van der Waals surface area contributed by atoms with Crippen molar-refractivity contribution in [1.82, 2.24) is 9.29 Å². The van der Waals surface area contributed by atoms with E-state index in [4.69, 9.17) is 13.9 Å². The first-order chi connectivity index (χ1) is 14.0. The van der Waals surface area contributed by atoms with Gasteiger partial charge in [0.15, 0.2) is 12.1 Å². The number of rotatable bonds is 6. The van der Waals surface area contributed by atoms with Crippen molar-refractivity contribution < 1.29 is 27.2 Å². The third-order valence-corrected chi connectivity index (χ3v) is 7.08. The summed E-state index contributed by atoms with van der Waals surface area (Å²) in [5.74, 6) is 1.46. The van der Waals surface area contributed by atoms with Gasteiger partial charge in [0.25, 0.3) is 5.89 Å². The zero-order chi connectivity index (χ0) is 20.4. The SMILES string of the molecule is COc1ccc(OC)c(S(=O)(=O)N2CC[NH+](Cc3nc4ccccc4o3)CC2)c1. The predicted octanol–water partition coefficient (Wildman–Crippen LogP) is 0.934. The highest BCUT2D eigenvalue weighted by atomic mass is 32.2. The molecule has 1 aliphatic heterocycles. The number of hydrogen-bond donors (Lipinski definition) is 1. The van der Waals surface area contributed by atoms with Gasteiger partial charge in [-0.05, 0) is 24.3 Å². The number of oxazole rings is 1. The van der Waals surface area contributed by atoms with E-state index in [1.54, 1.807) is 12.1 Å². The third kappa shape index (κ3) is 3.93. The standard InChI is InChI=1S/C20H23N3O5S/c1-26-15-7-8-18(27-2)19(13-15)29(24,25)23-11-9-22(10-12-23)14-20-21-16-5-3-4-6-17(16)28-20/h3-8,13H,9-12,14H2,1-2H3/p+1. The largest absolute Gasteiger partial charge is 0.497 e. The Morgan fingerprint density at radius 1 is 1.10 bits per heavy atom. The number of fused-ring (bicyclic) bond motifs is 1. The smallest absolute Gasteiger partial charge is 0.251 e. The van der Waals surface area contributed by atoms with E-state index in [0.29, 0.717) is 50.1 Å². The lowest BCUT2D eigenvalue weighted by Crippen LogP contribution is -3.13. The lowest BCUT2D eigenvalue weighted by Gasteiger charge is -2.31. The van der Waals surface area contributed by atoms with Crippen molar-refractivity contribution >= 4 is 21.1 Å². The van der Waals surface area contributed by atoms with Gasteiger partial charge >= 0.3 is 0 Å². The minimum Gasteiger partial charge on any atom is -0.497 e. The number of sulfonamides is 1. The van der Waals surface area contributed by atoms with Crippen LogP contribution in [-0.4, -0.2) is 58.1 Å². The Kier molecular flexibility index (Phi) is 5.44. The topological polar surface area (TPSA) is 86.3 Å². The van der Waals surface area contributed by atoms with Crippen LogP contribution >= 0.6 is 0 Å². The van der Waals surface area contributed by atoms with Crippen LogP contribution in [0.5, 0.6) is 11.5 Å². The zero-order valence-electron chi connectivity index (χ0n) is 16.4. The highest BCUT2D eigenvalue weighted by molar-refractivity contribution is 7.89. The molecule has 0 radical (unpaired) electrons. The molecule has 0 unspecified atom stereocenters. The van der Waals surface area contributed by atoms with Crippen LogP contribution in [0, 0.1) is 0 Å². The summed E-state index contributed by atoms with van der Waals surface area (Å²) in [5, 5.41) is 0. The Balaban J connectivity index is 1.46. The van der Waals surface area contributed by atoms with E-state index in [9.17, 15) is 8.42 Å². The van der Waals surface area contributed by atoms with E-state index in [1.807, 2.05) is 24.3 Å². The summed E-state index contributed by atoms with van der Waals surface area (Å²) in [5.41, 5.74) is 1.61. The molecule has 2 aromatic carbocycles. The first kappa shape index (κ1) is 19.7. The molecule has 1 saturated heterocycles. The highest BCUT2D eigenvalue weighted by Crippen LogP contribution is 2.30. The number of methoxy groups -OCH3 is 2. The van der Waals surface area contributed by atoms with Crippen molar-refractivity contribution in [2.24, 2.45) is 0 Å². The monoisotopic (exact) mass is 418 g/mol. The molecule has 2 heterocycles. The van der Waals surface area contributed by atoms with Crippen LogP contribution in [-0.2, 0) is 16.6 Å². The quantitative estimate of drug-likeness (QED) is 0.641. The maximum Gasteiger partial charge on any atom is 0.251 e. The molecule has 1 fully saturated rings. The number of nitrogens with zero attached hydrogens (tertiary/aromatic N) is 2. The Hall–Kier alpha value is -2.62. The molecule has 0 amide bonds. The number of hydrogen-bond acceptors (Lipinski definition) is 6. The molecular weight excluding hydrogens is 394 g/mol. The number of quaternary nitrogens is 1. The Morgan fingerprint density at radius 3 is 2.55 bits per heavy atom. The summed E-state index contributed by atoms with van der Waals surface area (Å²) in [6.45, 7) is 2.80. The van der Waals surface area contributed by atoms with Gasteiger partial charge in [-0.1, -0.05) is 12.1 Å². The van der Waals surface area contributed by atoms with Crippen LogP contribution in [0.4, 0.5) is 0 Å². The molecule has 4 rings (SSSR count). The number of nitrogens with one attached hydrogen (secondary N) is 1. The van der Waals surface area contributed by atoms with Crippen LogP contribution in [0.15, 0.2) is 51.8 Å². The van der Waals surface area contributed by atoms with Gasteiger partial charge in [-0.15, -0.1) is 0 Å². The number of benzene rings is 2. The Bertz CT molecular complexity index is 1070. The fourth-order valence-corrected chi connectivity index (χ4v) is 5.17. The molecule has 1 aliphatic rings. The summed E-state index contributed by atoms with van der Waals surface area (Å²) in [6, 6.07) is 12.5. The van der Waals surface area contributed by atoms with E-state index in [2.05, 4.69) is 4.98 Å². The molecule has 0 atom stereocenters. The Labute approximate surface area is 169 Å². The minimum atomic E-state index is -3.68. The van der Waals surface area contributed by atoms with Crippen molar-refractivity contribution in [3.8, 4) is 11.5 Å². The zero-order valence-corrected chi connectivity index (χ0v) is 17.2. The molecule has 0 bridgehead atoms. The second kappa shape index (κ2) is 8.02. The minimum absolute atomic E-state index is 0.127. The van der Waals surface area contributed by atoms with Gasteiger partial charge in [-0.25, -0.2) is 13.4 Å². The van der Waals surface area contributed by atoms with Gasteiger partial charge in [0.2, 0.25) is 10.0 Å². The lowest BCUT2D eigenvalue weighted by molar-refractivity contribution is -0.918. The molecule has 3 aromatic rings. The molecule has 0 aliphatic carbocycles. The van der Waals surface area contributed by atoms with Gasteiger partial charge in [0.05, 0.1) is 40.4 Å². The van der Waals surface area contributed by atoms with Crippen molar-refractivity contribution in [2.75, 3.05) is 40.4 Å². The van der Waals surface area contributed by atoms with Gasteiger partial charge in [-0.2, -0.15) is 4.31 Å². The summed E-state index contributed by atoms with van der Waals surface area (Å²) < 4.78 is 44.1. The fraction of sp³-hybridized carbons (Fsp3) is 0.350. The molecule has 8 nitrogen and oxygen atoms in total. The van der Waals surface area contributed by atoms with Crippen LogP contribution in [0.25, 0.3) is 11.1 Å². The number of para-hydroxylation sites is 2.